The van der Waals surface area contributed by atoms with Crippen LogP contribution in [-0.2, 0) is 13.9 Å². The second-order valence-corrected chi connectivity index (χ2v) is 6.05. The third kappa shape index (κ3) is 17.8. The van der Waals surface area contributed by atoms with Gasteiger partial charge in [0.1, 0.15) is 6.29 Å². The fourth-order valence-corrected chi connectivity index (χ4v) is 2.29. The fraction of sp³-hybridized carbons (Fsp3) is 0.923. The summed E-state index contributed by atoms with van der Waals surface area (Å²) >= 11 is 0. The van der Waals surface area contributed by atoms with Crippen LogP contribution in [0.15, 0.2) is 0 Å². The van der Waals surface area contributed by atoms with Gasteiger partial charge in [0.25, 0.3) is 0 Å². The lowest BCUT2D eigenvalue weighted by Gasteiger charge is -2.05. The first-order chi connectivity index (χ1) is 9.06. The standard InChI is InChI=1S/C13H27O5P/c14-12-10-8-6-4-2-1-3-5-7-9-11-13-18-19(15,16)17/h12H,1-11,13H2,(H2,15,16,17). The zero-order valence-electron chi connectivity index (χ0n) is 11.6. The third-order valence-electron chi connectivity index (χ3n) is 2.98. The van der Waals surface area contributed by atoms with E-state index in [1.165, 1.54) is 32.1 Å². The summed E-state index contributed by atoms with van der Waals surface area (Å²) in [7, 11) is -4.27. The largest absolute Gasteiger partial charge is 0.469 e. The van der Waals surface area contributed by atoms with Crippen molar-refractivity contribution in [2.75, 3.05) is 6.61 Å². The van der Waals surface area contributed by atoms with Gasteiger partial charge in [0, 0.05) is 6.42 Å². The highest BCUT2D eigenvalue weighted by molar-refractivity contribution is 7.46. The van der Waals surface area contributed by atoms with E-state index in [9.17, 15) is 9.36 Å². The Balaban J connectivity index is 3.03. The maximum absolute atomic E-state index is 10.4. The van der Waals surface area contributed by atoms with Crippen LogP contribution in [-0.4, -0.2) is 22.7 Å². The molecule has 0 amide bonds. The lowest BCUT2D eigenvalue weighted by Crippen LogP contribution is -1.92. The lowest BCUT2D eigenvalue weighted by atomic mass is 10.1. The van der Waals surface area contributed by atoms with Crippen LogP contribution in [0.25, 0.3) is 0 Å². The maximum Gasteiger partial charge on any atom is 0.469 e. The Bertz CT molecular complexity index is 251. The third-order valence-corrected chi connectivity index (χ3v) is 3.49. The Labute approximate surface area is 116 Å². The lowest BCUT2D eigenvalue weighted by molar-refractivity contribution is -0.107. The summed E-state index contributed by atoms with van der Waals surface area (Å²) in [6, 6.07) is 0. The van der Waals surface area contributed by atoms with E-state index in [1.54, 1.807) is 0 Å². The van der Waals surface area contributed by atoms with E-state index in [1.807, 2.05) is 0 Å². The number of phosphoric acid groups is 1. The molecule has 2 N–H and O–H groups in total. The van der Waals surface area contributed by atoms with E-state index < -0.39 is 7.82 Å². The average molecular weight is 294 g/mol. The van der Waals surface area contributed by atoms with Crippen LogP contribution in [0.1, 0.15) is 70.6 Å². The van der Waals surface area contributed by atoms with E-state index in [-0.39, 0.29) is 6.61 Å². The van der Waals surface area contributed by atoms with Crippen LogP contribution in [0.5, 0.6) is 0 Å². The normalized spacial score (nSPS) is 11.7. The van der Waals surface area contributed by atoms with Gasteiger partial charge in [-0.3, -0.25) is 4.52 Å². The first kappa shape index (κ1) is 18.8. The fourth-order valence-electron chi connectivity index (χ4n) is 1.93. The van der Waals surface area contributed by atoms with Gasteiger partial charge in [-0.25, -0.2) is 4.57 Å². The monoisotopic (exact) mass is 294 g/mol. The van der Waals surface area contributed by atoms with Gasteiger partial charge in [0.15, 0.2) is 0 Å². The summed E-state index contributed by atoms with van der Waals surface area (Å²) < 4.78 is 14.7. The molecule has 0 saturated heterocycles. The number of hydrogen-bond acceptors (Lipinski definition) is 3. The molecule has 0 aromatic heterocycles. The van der Waals surface area contributed by atoms with E-state index >= 15 is 0 Å². The summed E-state index contributed by atoms with van der Waals surface area (Å²) in [5.41, 5.74) is 0. The summed E-state index contributed by atoms with van der Waals surface area (Å²) in [4.78, 5) is 27.0. The highest BCUT2D eigenvalue weighted by Gasteiger charge is 2.12. The van der Waals surface area contributed by atoms with Crippen molar-refractivity contribution in [3.05, 3.63) is 0 Å². The van der Waals surface area contributed by atoms with Crippen LogP contribution in [0, 0.1) is 0 Å². The van der Waals surface area contributed by atoms with Gasteiger partial charge < -0.3 is 14.6 Å². The van der Waals surface area contributed by atoms with Crippen molar-refractivity contribution in [1.82, 2.24) is 0 Å². The van der Waals surface area contributed by atoms with Crippen LogP contribution in [0.3, 0.4) is 0 Å². The molecule has 0 aliphatic carbocycles. The molecule has 0 radical (unpaired) electrons. The van der Waals surface area contributed by atoms with Gasteiger partial charge in [0.2, 0.25) is 0 Å². The summed E-state index contributed by atoms with van der Waals surface area (Å²) in [6.45, 7) is 0.140. The van der Waals surface area contributed by atoms with Gasteiger partial charge in [-0.1, -0.05) is 51.4 Å². The quantitative estimate of drug-likeness (QED) is 0.290. The molecule has 5 nitrogen and oxygen atoms in total. The zero-order valence-corrected chi connectivity index (χ0v) is 12.5. The minimum atomic E-state index is -4.27. The summed E-state index contributed by atoms with van der Waals surface area (Å²) in [5, 5.41) is 0. The predicted molar refractivity (Wildman–Crippen MR) is 74.8 cm³/mol. The second-order valence-electron chi connectivity index (χ2n) is 4.81. The van der Waals surface area contributed by atoms with Crippen LogP contribution in [0.2, 0.25) is 0 Å². The molecule has 6 heteroatoms. The average Bonchev–Trinajstić information content (AvgIpc) is 2.34. The molecule has 0 bridgehead atoms. The molecular formula is C13H27O5P. The SMILES string of the molecule is O=CCCCCCCCCCCCCOP(=O)(O)O. The highest BCUT2D eigenvalue weighted by atomic mass is 31.2. The Morgan fingerprint density at radius 1 is 0.789 bits per heavy atom. The molecule has 0 heterocycles. The smallest absolute Gasteiger partial charge is 0.303 e. The summed E-state index contributed by atoms with van der Waals surface area (Å²) in [5.74, 6) is 0. The Hall–Kier alpha value is -0.220. The molecule has 0 atom stereocenters. The van der Waals surface area contributed by atoms with Crippen molar-refractivity contribution >= 4 is 14.1 Å². The van der Waals surface area contributed by atoms with E-state index in [0.717, 1.165) is 32.0 Å². The van der Waals surface area contributed by atoms with Gasteiger partial charge in [-0.15, -0.1) is 0 Å². The molecule has 0 aliphatic rings. The molecule has 0 unspecified atom stereocenters. The Morgan fingerprint density at radius 2 is 1.21 bits per heavy atom. The molecule has 0 aliphatic heterocycles. The molecule has 0 aromatic carbocycles. The first-order valence-corrected chi connectivity index (χ1v) is 8.73. The predicted octanol–water partition coefficient (Wildman–Crippen LogP) is 3.59. The van der Waals surface area contributed by atoms with Gasteiger partial charge in [0.05, 0.1) is 6.61 Å². The van der Waals surface area contributed by atoms with Gasteiger partial charge >= 0.3 is 7.82 Å². The highest BCUT2D eigenvalue weighted by Crippen LogP contribution is 2.35. The molecule has 0 spiro atoms. The van der Waals surface area contributed by atoms with E-state index in [4.69, 9.17) is 9.79 Å². The minimum Gasteiger partial charge on any atom is -0.303 e. The van der Waals surface area contributed by atoms with Crippen molar-refractivity contribution in [3.63, 3.8) is 0 Å². The van der Waals surface area contributed by atoms with Crippen LogP contribution >= 0.6 is 7.82 Å². The maximum atomic E-state index is 10.4. The number of phosphoric ester groups is 1. The zero-order chi connectivity index (χ0) is 14.4. The second kappa shape index (κ2) is 12.8. The number of aldehydes is 1. The van der Waals surface area contributed by atoms with Crippen molar-refractivity contribution < 1.29 is 23.7 Å². The minimum absolute atomic E-state index is 0.140. The summed E-state index contributed by atoms with van der Waals surface area (Å²) in [6.07, 6.45) is 12.7. The van der Waals surface area contributed by atoms with E-state index in [0.29, 0.717) is 12.8 Å². The topological polar surface area (TPSA) is 83.8 Å². The van der Waals surface area contributed by atoms with Crippen molar-refractivity contribution in [2.45, 2.75) is 70.6 Å². The van der Waals surface area contributed by atoms with Crippen molar-refractivity contribution in [3.8, 4) is 0 Å². The van der Waals surface area contributed by atoms with Crippen molar-refractivity contribution in [2.24, 2.45) is 0 Å². The molecule has 0 fully saturated rings. The molecular weight excluding hydrogens is 267 g/mol. The Morgan fingerprint density at radius 3 is 1.63 bits per heavy atom. The number of hydrogen-bond donors (Lipinski definition) is 2. The first-order valence-electron chi connectivity index (χ1n) is 7.20. The van der Waals surface area contributed by atoms with E-state index in [2.05, 4.69) is 4.52 Å². The molecule has 0 saturated carbocycles. The number of carbonyl (C=O) groups is 1. The Kier molecular flexibility index (Phi) is 12.6. The number of unbranched alkanes of at least 4 members (excludes halogenated alkanes) is 10. The van der Waals surface area contributed by atoms with Crippen molar-refractivity contribution in [1.29, 1.82) is 0 Å². The molecule has 19 heavy (non-hydrogen) atoms. The number of carbonyl (C=O) groups excluding carboxylic acids is 1. The van der Waals surface area contributed by atoms with Crippen LogP contribution in [0.4, 0.5) is 0 Å². The number of rotatable bonds is 14. The van der Waals surface area contributed by atoms with Gasteiger partial charge in [-0.2, -0.15) is 0 Å². The van der Waals surface area contributed by atoms with Crippen LogP contribution < -0.4 is 0 Å². The molecule has 0 rings (SSSR count). The van der Waals surface area contributed by atoms with Gasteiger partial charge in [-0.05, 0) is 12.8 Å². The molecule has 0 aromatic rings. The molecule has 114 valence electrons.